The number of aliphatic imine (C=N–C) groups is 1. The molecule has 0 aliphatic rings. The predicted octanol–water partition coefficient (Wildman–Crippen LogP) is 7.06. The maximum Gasteiger partial charge on any atom is 0.258 e. The molecule has 2 heterocycles. The van der Waals surface area contributed by atoms with Gasteiger partial charge < -0.3 is 5.32 Å². The van der Waals surface area contributed by atoms with E-state index in [-0.39, 0.29) is 11.2 Å². The van der Waals surface area contributed by atoms with E-state index in [1.165, 1.54) is 10.6 Å². The largest absolute Gasteiger partial charge is 0.373 e. The third kappa shape index (κ3) is 4.82. The van der Waals surface area contributed by atoms with Crippen molar-refractivity contribution in [2.45, 2.75) is 13.3 Å². The van der Waals surface area contributed by atoms with Crippen LogP contribution in [0.3, 0.4) is 0 Å². The number of nitrogens with one attached hydrogen (secondary N) is 1. The highest BCUT2D eigenvalue weighted by atomic mass is 79.9. The lowest BCUT2D eigenvalue weighted by Crippen LogP contribution is -2.22. The number of hydrogen-bond donors (Lipinski definition) is 1. The summed E-state index contributed by atoms with van der Waals surface area (Å²) in [6.07, 6.45) is 4.01. The second kappa shape index (κ2) is 10.5. The predicted molar refractivity (Wildman–Crippen MR) is 152 cm³/mol. The van der Waals surface area contributed by atoms with Crippen molar-refractivity contribution >= 4 is 43.9 Å². The average molecular weight is 555 g/mol. The lowest BCUT2D eigenvalue weighted by molar-refractivity contribution is 0.628. The van der Waals surface area contributed by atoms with Gasteiger partial charge in [0.25, 0.3) is 5.56 Å². The molecular weight excluding hydrogens is 531 g/mol. The van der Waals surface area contributed by atoms with Gasteiger partial charge in [-0.1, -0.05) is 67.6 Å². The Morgan fingerprint density at radius 2 is 1.68 bits per heavy atom. The fraction of sp³-hybridized carbons (Fsp3) is 0.100. The molecule has 184 valence electrons. The van der Waals surface area contributed by atoms with Gasteiger partial charge in [0.15, 0.2) is 0 Å². The smallest absolute Gasteiger partial charge is 0.258 e. The number of halogens is 2. The molecule has 7 heteroatoms. The van der Waals surface area contributed by atoms with Crippen LogP contribution in [-0.2, 0) is 6.42 Å². The van der Waals surface area contributed by atoms with Crippen LogP contribution in [0.4, 0.5) is 15.9 Å². The van der Waals surface area contributed by atoms with E-state index in [0.29, 0.717) is 33.7 Å². The van der Waals surface area contributed by atoms with Gasteiger partial charge in [-0.3, -0.25) is 9.36 Å². The van der Waals surface area contributed by atoms with Crippen LogP contribution < -0.4 is 10.9 Å². The first-order valence-electron chi connectivity index (χ1n) is 11.9. The maximum absolute atomic E-state index is 15.3. The van der Waals surface area contributed by atoms with E-state index >= 15 is 4.39 Å². The number of aryl methyl sites for hydroxylation is 1. The number of nitrogens with zero attached hydrogens (tertiary/aromatic N) is 3. The Morgan fingerprint density at radius 1 is 1.03 bits per heavy atom. The van der Waals surface area contributed by atoms with Crippen LogP contribution in [0.1, 0.15) is 23.6 Å². The van der Waals surface area contributed by atoms with E-state index in [2.05, 4.69) is 26.2 Å². The Bertz CT molecular complexity index is 1640. The van der Waals surface area contributed by atoms with Crippen LogP contribution in [0.15, 0.2) is 106 Å². The number of anilines is 1. The Hall–Kier alpha value is -4.10. The zero-order valence-corrected chi connectivity index (χ0v) is 22.0. The maximum atomic E-state index is 15.3. The van der Waals surface area contributed by atoms with Gasteiger partial charge in [-0.05, 0) is 45.9 Å². The minimum Gasteiger partial charge on any atom is -0.373 e. The molecule has 0 fully saturated rings. The molecule has 0 spiro atoms. The number of fused-ring (bicyclic) bond motifs is 1. The third-order valence-electron chi connectivity index (χ3n) is 6.22. The minimum absolute atomic E-state index is 0.134. The van der Waals surface area contributed by atoms with Gasteiger partial charge >= 0.3 is 0 Å². The summed E-state index contributed by atoms with van der Waals surface area (Å²) in [6.45, 7) is 1.95. The standard InChI is InChI=1S/C30H24BrFN4O/c1-3-22-23-14-28(33-2)34-17-21(23)18-36(30(22)37)27-16-26(25(32)15-24(27)31)35-29(19-10-6-4-7-11-19)20-12-8-5-9-13-20/h4-18,33H,3H2,1-2H3. The van der Waals surface area contributed by atoms with Crippen LogP contribution in [0.5, 0.6) is 0 Å². The summed E-state index contributed by atoms with van der Waals surface area (Å²) in [7, 11) is 1.79. The van der Waals surface area contributed by atoms with Gasteiger partial charge in [0, 0.05) is 46.0 Å². The molecule has 0 saturated carbocycles. The number of benzene rings is 3. The molecule has 0 saturated heterocycles. The Balaban J connectivity index is 1.73. The average Bonchev–Trinajstić information content (AvgIpc) is 2.93. The summed E-state index contributed by atoms with van der Waals surface area (Å²) in [5, 5.41) is 4.67. The molecular formula is C30H24BrFN4O. The molecule has 0 atom stereocenters. The van der Waals surface area contributed by atoms with Crippen molar-refractivity contribution < 1.29 is 4.39 Å². The number of rotatable bonds is 6. The van der Waals surface area contributed by atoms with E-state index < -0.39 is 5.82 Å². The summed E-state index contributed by atoms with van der Waals surface area (Å²) in [5.41, 5.74) is 3.48. The van der Waals surface area contributed by atoms with Crippen LogP contribution >= 0.6 is 15.9 Å². The van der Waals surface area contributed by atoms with E-state index in [1.54, 1.807) is 25.5 Å². The number of pyridine rings is 2. The molecule has 0 aliphatic heterocycles. The van der Waals surface area contributed by atoms with Gasteiger partial charge in [0.05, 0.1) is 11.4 Å². The minimum atomic E-state index is -0.495. The highest BCUT2D eigenvalue weighted by molar-refractivity contribution is 9.10. The lowest BCUT2D eigenvalue weighted by Gasteiger charge is -2.15. The van der Waals surface area contributed by atoms with Gasteiger partial charge in [-0.2, -0.15) is 0 Å². The Morgan fingerprint density at radius 3 is 2.27 bits per heavy atom. The molecule has 2 aromatic heterocycles. The molecule has 5 rings (SSSR count). The molecule has 5 aromatic rings. The normalized spacial score (nSPS) is 10.9. The molecule has 5 nitrogen and oxygen atoms in total. The Labute approximate surface area is 222 Å². The van der Waals surface area contributed by atoms with E-state index in [4.69, 9.17) is 4.99 Å². The fourth-order valence-corrected chi connectivity index (χ4v) is 4.86. The van der Waals surface area contributed by atoms with Gasteiger partial charge in [-0.15, -0.1) is 0 Å². The first kappa shape index (κ1) is 24.6. The SMILES string of the molecule is CCc1c(=O)n(-c2cc(N=C(c3ccccc3)c3ccccc3)c(F)cc2Br)cc2cnc(NC)cc12. The first-order valence-corrected chi connectivity index (χ1v) is 12.7. The van der Waals surface area contributed by atoms with E-state index in [0.717, 1.165) is 21.9 Å². The topological polar surface area (TPSA) is 59.3 Å². The molecule has 0 radical (unpaired) electrons. The zero-order chi connectivity index (χ0) is 25.9. The van der Waals surface area contributed by atoms with Crippen LogP contribution in [-0.4, -0.2) is 22.3 Å². The summed E-state index contributed by atoms with van der Waals surface area (Å²) in [4.78, 5) is 22.8. The second-order valence-corrected chi connectivity index (χ2v) is 9.34. The van der Waals surface area contributed by atoms with Crippen molar-refractivity contribution in [3.05, 3.63) is 129 Å². The van der Waals surface area contributed by atoms with Crippen molar-refractivity contribution in [3.63, 3.8) is 0 Å². The van der Waals surface area contributed by atoms with Crippen molar-refractivity contribution in [1.82, 2.24) is 9.55 Å². The molecule has 0 unspecified atom stereocenters. The van der Waals surface area contributed by atoms with Gasteiger partial charge in [-0.25, -0.2) is 14.4 Å². The fourth-order valence-electron chi connectivity index (χ4n) is 4.35. The summed E-state index contributed by atoms with van der Waals surface area (Å²) in [5.74, 6) is 0.193. The zero-order valence-electron chi connectivity index (χ0n) is 20.4. The Kier molecular flexibility index (Phi) is 6.97. The van der Waals surface area contributed by atoms with Crippen molar-refractivity contribution in [1.29, 1.82) is 0 Å². The number of aromatic nitrogens is 2. The van der Waals surface area contributed by atoms with E-state index in [9.17, 15) is 4.79 Å². The molecule has 0 aliphatic carbocycles. The molecule has 3 aromatic carbocycles. The molecule has 0 amide bonds. The van der Waals surface area contributed by atoms with Crippen LogP contribution in [0, 0.1) is 5.82 Å². The first-order chi connectivity index (χ1) is 18.0. The monoisotopic (exact) mass is 554 g/mol. The lowest BCUT2D eigenvalue weighted by atomic mass is 10.0. The third-order valence-corrected chi connectivity index (χ3v) is 6.85. The van der Waals surface area contributed by atoms with Gasteiger partial charge in [0.2, 0.25) is 0 Å². The summed E-state index contributed by atoms with van der Waals surface area (Å²) >= 11 is 3.47. The van der Waals surface area contributed by atoms with Crippen molar-refractivity contribution in [2.24, 2.45) is 4.99 Å². The van der Waals surface area contributed by atoms with Crippen LogP contribution in [0.2, 0.25) is 0 Å². The summed E-state index contributed by atoms with van der Waals surface area (Å²) in [6, 6.07) is 24.1. The quantitative estimate of drug-likeness (QED) is 0.228. The molecule has 0 bridgehead atoms. The molecule has 37 heavy (non-hydrogen) atoms. The van der Waals surface area contributed by atoms with E-state index in [1.807, 2.05) is 73.7 Å². The van der Waals surface area contributed by atoms with Crippen molar-refractivity contribution in [2.75, 3.05) is 12.4 Å². The number of hydrogen-bond acceptors (Lipinski definition) is 4. The highest BCUT2D eigenvalue weighted by Gasteiger charge is 2.17. The molecule has 1 N–H and O–H groups in total. The summed E-state index contributed by atoms with van der Waals surface area (Å²) < 4.78 is 17.3. The van der Waals surface area contributed by atoms with Crippen molar-refractivity contribution in [3.8, 4) is 5.69 Å². The van der Waals surface area contributed by atoms with Crippen LogP contribution in [0.25, 0.3) is 16.5 Å². The van der Waals surface area contributed by atoms with Gasteiger partial charge in [0.1, 0.15) is 17.3 Å². The highest BCUT2D eigenvalue weighted by Crippen LogP contribution is 2.31. The second-order valence-electron chi connectivity index (χ2n) is 8.49.